The summed E-state index contributed by atoms with van der Waals surface area (Å²) in [7, 11) is 0. The van der Waals surface area contributed by atoms with E-state index in [0.717, 1.165) is 5.56 Å². The van der Waals surface area contributed by atoms with Crippen molar-refractivity contribution in [2.45, 2.75) is 25.5 Å². The minimum Gasteiger partial charge on any atom is -0.328 e. The second kappa shape index (κ2) is 5.97. The molecule has 1 aromatic rings. The first-order chi connectivity index (χ1) is 7.09. The number of hydrogen-bond donors (Lipinski definition) is 2. The summed E-state index contributed by atoms with van der Waals surface area (Å²) in [6.07, 6.45) is 0.0769. The molecule has 0 radical (unpaired) electrons. The predicted molar refractivity (Wildman–Crippen MR) is 59.3 cm³/mol. The van der Waals surface area contributed by atoms with Crippen LogP contribution in [0.5, 0.6) is 0 Å². The summed E-state index contributed by atoms with van der Waals surface area (Å²) < 4.78 is 24.2. The first-order valence-electron chi connectivity index (χ1n) is 4.68. The summed E-state index contributed by atoms with van der Waals surface area (Å²) in [4.78, 5) is 0. The van der Waals surface area contributed by atoms with Gasteiger partial charge in [-0.1, -0.05) is 30.3 Å². The molecule has 0 heterocycles. The molecule has 0 aliphatic carbocycles. The van der Waals surface area contributed by atoms with Crippen LogP contribution in [0.1, 0.15) is 25.0 Å². The van der Waals surface area contributed by atoms with Crippen LogP contribution in [0.25, 0.3) is 0 Å². The van der Waals surface area contributed by atoms with E-state index in [1.165, 1.54) is 0 Å². The van der Waals surface area contributed by atoms with Crippen LogP contribution < -0.4 is 5.73 Å². The van der Waals surface area contributed by atoms with Crippen molar-refractivity contribution in [1.82, 2.24) is 0 Å². The van der Waals surface area contributed by atoms with Crippen molar-refractivity contribution in [2.24, 2.45) is 5.73 Å². The molecule has 0 fully saturated rings. The van der Waals surface area contributed by atoms with E-state index >= 15 is 0 Å². The normalized spacial score (nSPS) is 17.0. The maximum Gasteiger partial charge on any atom is 0.302 e. The fraction of sp³-hybridized carbons (Fsp3) is 0.400. The topological polar surface area (TPSA) is 72.5 Å². The van der Waals surface area contributed by atoms with Gasteiger partial charge in [0.1, 0.15) is 6.10 Å². The molecule has 0 saturated heterocycles. The van der Waals surface area contributed by atoms with E-state index in [4.69, 9.17) is 14.5 Å². The number of benzene rings is 1. The first kappa shape index (κ1) is 12.3. The molecule has 5 heteroatoms. The Labute approximate surface area is 91.9 Å². The number of rotatable bonds is 5. The summed E-state index contributed by atoms with van der Waals surface area (Å²) in [5, 5.41) is 0. The third-order valence-electron chi connectivity index (χ3n) is 1.96. The van der Waals surface area contributed by atoms with Crippen molar-refractivity contribution in [3.05, 3.63) is 35.9 Å². The first-order valence-corrected chi connectivity index (χ1v) is 5.71. The maximum absolute atomic E-state index is 10.6. The Hall–Kier alpha value is -0.750. The van der Waals surface area contributed by atoms with Gasteiger partial charge in [0.25, 0.3) is 0 Å². The third-order valence-corrected chi connectivity index (χ3v) is 2.35. The quantitative estimate of drug-likeness (QED) is 0.752. The SMILES string of the molecule is CC(N)CC(OS(=O)O)c1ccccc1. The van der Waals surface area contributed by atoms with E-state index < -0.39 is 17.5 Å². The minimum atomic E-state index is -2.27. The standard InChI is InChI=1S/C10H15NO3S/c1-8(11)7-10(14-15(12)13)9-5-3-2-4-6-9/h2-6,8,10H,7,11H2,1H3,(H,12,13). The second-order valence-corrected chi connectivity index (χ2v) is 4.05. The highest BCUT2D eigenvalue weighted by Gasteiger charge is 2.16. The van der Waals surface area contributed by atoms with Gasteiger partial charge in [-0.25, -0.2) is 0 Å². The fourth-order valence-corrected chi connectivity index (χ4v) is 1.72. The molecule has 0 aromatic heterocycles. The van der Waals surface area contributed by atoms with E-state index in [2.05, 4.69) is 0 Å². The Bertz CT molecular complexity index is 316. The molecule has 15 heavy (non-hydrogen) atoms. The molecule has 0 spiro atoms. The lowest BCUT2D eigenvalue weighted by Crippen LogP contribution is -2.20. The van der Waals surface area contributed by atoms with Crippen LogP contribution in [-0.4, -0.2) is 14.8 Å². The lowest BCUT2D eigenvalue weighted by molar-refractivity contribution is 0.190. The lowest BCUT2D eigenvalue weighted by atomic mass is 10.0. The summed E-state index contributed by atoms with van der Waals surface area (Å²) in [5.41, 5.74) is 6.50. The molecule has 1 aromatic carbocycles. The highest BCUT2D eigenvalue weighted by Crippen LogP contribution is 2.22. The van der Waals surface area contributed by atoms with Crippen molar-refractivity contribution in [3.63, 3.8) is 0 Å². The van der Waals surface area contributed by atoms with Crippen molar-refractivity contribution in [3.8, 4) is 0 Å². The molecule has 4 nitrogen and oxygen atoms in total. The molecule has 1 rings (SSSR count). The Morgan fingerprint density at radius 1 is 1.47 bits per heavy atom. The van der Waals surface area contributed by atoms with Gasteiger partial charge in [-0.05, 0) is 18.9 Å². The Morgan fingerprint density at radius 3 is 2.53 bits per heavy atom. The minimum absolute atomic E-state index is 0.0845. The Morgan fingerprint density at radius 2 is 2.07 bits per heavy atom. The molecule has 0 bridgehead atoms. The van der Waals surface area contributed by atoms with E-state index in [1.807, 2.05) is 37.3 Å². The van der Waals surface area contributed by atoms with Crippen molar-refractivity contribution >= 4 is 11.4 Å². The monoisotopic (exact) mass is 229 g/mol. The molecule has 0 saturated carbocycles. The van der Waals surface area contributed by atoms with E-state index in [9.17, 15) is 4.21 Å². The van der Waals surface area contributed by atoms with Crippen LogP contribution in [0.3, 0.4) is 0 Å². The zero-order chi connectivity index (χ0) is 11.3. The fourth-order valence-electron chi connectivity index (χ4n) is 1.34. The highest BCUT2D eigenvalue weighted by molar-refractivity contribution is 7.74. The van der Waals surface area contributed by atoms with E-state index in [1.54, 1.807) is 0 Å². The molecule has 0 aliphatic heterocycles. The van der Waals surface area contributed by atoms with E-state index in [0.29, 0.717) is 6.42 Å². The molecule has 3 N–H and O–H groups in total. The van der Waals surface area contributed by atoms with Gasteiger partial charge in [-0.3, -0.25) is 8.74 Å². The van der Waals surface area contributed by atoms with Crippen molar-refractivity contribution < 1.29 is 12.9 Å². The zero-order valence-electron chi connectivity index (χ0n) is 8.50. The number of hydrogen-bond acceptors (Lipinski definition) is 3. The Kier molecular flexibility index (Phi) is 4.90. The third kappa shape index (κ3) is 4.53. The molecule has 0 aliphatic rings. The summed E-state index contributed by atoms with van der Waals surface area (Å²) in [6.45, 7) is 1.83. The molecule has 3 unspecified atom stereocenters. The maximum atomic E-state index is 10.6. The molecule has 0 amide bonds. The van der Waals surface area contributed by atoms with Crippen LogP contribution in [0, 0.1) is 0 Å². The smallest absolute Gasteiger partial charge is 0.302 e. The van der Waals surface area contributed by atoms with Gasteiger partial charge in [0.15, 0.2) is 0 Å². The van der Waals surface area contributed by atoms with Gasteiger partial charge in [0.05, 0.1) is 0 Å². The zero-order valence-corrected chi connectivity index (χ0v) is 9.31. The Balaban J connectivity index is 2.76. The van der Waals surface area contributed by atoms with Crippen LogP contribution in [0.15, 0.2) is 30.3 Å². The van der Waals surface area contributed by atoms with E-state index in [-0.39, 0.29) is 6.04 Å². The van der Waals surface area contributed by atoms with Gasteiger partial charge in [0, 0.05) is 6.04 Å². The summed E-state index contributed by atoms with van der Waals surface area (Å²) in [5.74, 6) is 0. The van der Waals surface area contributed by atoms with Gasteiger partial charge >= 0.3 is 11.4 Å². The summed E-state index contributed by atoms with van der Waals surface area (Å²) >= 11 is -2.27. The average Bonchev–Trinajstić information content (AvgIpc) is 2.17. The van der Waals surface area contributed by atoms with Crippen molar-refractivity contribution in [2.75, 3.05) is 0 Å². The summed E-state index contributed by atoms with van der Waals surface area (Å²) in [6, 6.07) is 9.20. The highest BCUT2D eigenvalue weighted by atomic mass is 32.2. The average molecular weight is 229 g/mol. The largest absolute Gasteiger partial charge is 0.328 e. The van der Waals surface area contributed by atoms with Gasteiger partial charge in [-0.2, -0.15) is 4.21 Å². The van der Waals surface area contributed by atoms with Crippen LogP contribution in [0.2, 0.25) is 0 Å². The van der Waals surface area contributed by atoms with Crippen LogP contribution in [-0.2, 0) is 15.5 Å². The molecule has 3 atom stereocenters. The lowest BCUT2D eigenvalue weighted by Gasteiger charge is -2.17. The molecular formula is C10H15NO3S. The predicted octanol–water partition coefficient (Wildman–Crippen LogP) is 1.62. The molecular weight excluding hydrogens is 214 g/mol. The molecule has 84 valence electrons. The van der Waals surface area contributed by atoms with Gasteiger partial charge < -0.3 is 5.73 Å². The van der Waals surface area contributed by atoms with Gasteiger partial charge in [-0.15, -0.1) is 0 Å². The number of nitrogens with two attached hydrogens (primary N) is 1. The van der Waals surface area contributed by atoms with Crippen LogP contribution in [0.4, 0.5) is 0 Å². The van der Waals surface area contributed by atoms with Crippen LogP contribution >= 0.6 is 0 Å². The van der Waals surface area contributed by atoms with Crippen molar-refractivity contribution in [1.29, 1.82) is 0 Å². The van der Waals surface area contributed by atoms with Gasteiger partial charge in [0.2, 0.25) is 0 Å². The second-order valence-electron chi connectivity index (χ2n) is 3.43.